The Morgan fingerprint density at radius 3 is 2.15 bits per heavy atom. The zero-order valence-electron chi connectivity index (χ0n) is 21.9. The largest absolute Gasteiger partial charge is 0.392 e. The first-order chi connectivity index (χ1) is 19.4. The number of carbonyl (C=O) groups excluding carboxylic acids is 2. The summed E-state index contributed by atoms with van der Waals surface area (Å²) < 4.78 is 13.9. The van der Waals surface area contributed by atoms with Gasteiger partial charge in [-0.05, 0) is 42.3 Å². The van der Waals surface area contributed by atoms with Crippen LogP contribution in [0.15, 0.2) is 77.1 Å². The summed E-state index contributed by atoms with van der Waals surface area (Å²) in [6, 6.07) is 21.8. The predicted octanol–water partition coefficient (Wildman–Crippen LogP) is 5.72. The third kappa shape index (κ3) is 5.09. The molecule has 0 spiro atoms. The molecule has 2 aliphatic heterocycles. The Labute approximate surface area is 240 Å². The minimum absolute atomic E-state index is 0.0208. The second kappa shape index (κ2) is 11.2. The Kier molecular flexibility index (Phi) is 7.52. The summed E-state index contributed by atoms with van der Waals surface area (Å²) in [7, 11) is 0. The average molecular weight is 574 g/mol. The first kappa shape index (κ1) is 26.8. The van der Waals surface area contributed by atoms with Crippen LogP contribution in [-0.4, -0.2) is 39.0 Å². The number of fused-ring (bicyclic) bond motifs is 1. The smallest absolute Gasteiger partial charge is 0.266 e. The van der Waals surface area contributed by atoms with Crippen molar-refractivity contribution in [2.45, 2.75) is 43.3 Å². The number of rotatable bonds is 7. The van der Waals surface area contributed by atoms with E-state index >= 15 is 0 Å². The molecule has 4 aromatic rings. The van der Waals surface area contributed by atoms with E-state index in [1.807, 2.05) is 43.3 Å². The molecule has 4 unspecified atom stereocenters. The van der Waals surface area contributed by atoms with Crippen molar-refractivity contribution in [3.63, 3.8) is 0 Å². The summed E-state index contributed by atoms with van der Waals surface area (Å²) in [5.74, 6) is 0.0504. The number of amides is 2. The van der Waals surface area contributed by atoms with Gasteiger partial charge >= 0.3 is 0 Å². The molecule has 2 amide bonds. The molecule has 0 saturated carbocycles. The van der Waals surface area contributed by atoms with Crippen LogP contribution in [0.2, 0.25) is 0 Å². The molecule has 0 aliphatic carbocycles. The fourth-order valence-corrected chi connectivity index (χ4v) is 7.01. The number of hydrogen-bond donors (Lipinski definition) is 1. The number of hydrogen-bond acceptors (Lipinski definition) is 9. The van der Waals surface area contributed by atoms with Gasteiger partial charge in [0.25, 0.3) is 11.8 Å². The Morgan fingerprint density at radius 2 is 1.55 bits per heavy atom. The van der Waals surface area contributed by atoms with E-state index in [0.717, 1.165) is 26.0 Å². The van der Waals surface area contributed by atoms with Crippen molar-refractivity contribution in [3.05, 3.63) is 106 Å². The Morgan fingerprint density at radius 1 is 0.900 bits per heavy atom. The number of imide groups is 1. The van der Waals surface area contributed by atoms with Crippen LogP contribution in [0, 0.1) is 12.8 Å². The number of aromatic nitrogens is 2. The van der Waals surface area contributed by atoms with Crippen molar-refractivity contribution in [2.24, 2.45) is 5.92 Å². The number of aryl methyl sites for hydroxylation is 1. The van der Waals surface area contributed by atoms with E-state index in [4.69, 9.17) is 9.47 Å². The van der Waals surface area contributed by atoms with Gasteiger partial charge in [-0.3, -0.25) is 9.59 Å². The average Bonchev–Trinajstić information content (AvgIpc) is 3.52. The molecule has 10 heteroatoms. The number of aliphatic hydroxyl groups excluding tert-OH is 1. The van der Waals surface area contributed by atoms with Crippen LogP contribution in [0.1, 0.15) is 61.7 Å². The van der Waals surface area contributed by atoms with E-state index in [9.17, 15) is 14.7 Å². The quantitative estimate of drug-likeness (QED) is 0.221. The van der Waals surface area contributed by atoms with E-state index in [1.54, 1.807) is 59.5 Å². The third-order valence-electron chi connectivity index (χ3n) is 7.22. The summed E-state index contributed by atoms with van der Waals surface area (Å²) >= 11 is 3.17. The van der Waals surface area contributed by atoms with Crippen LogP contribution >= 0.6 is 23.1 Å². The van der Waals surface area contributed by atoms with Crippen molar-refractivity contribution >= 4 is 40.6 Å². The minimum atomic E-state index is -0.656. The monoisotopic (exact) mass is 573 g/mol. The second-order valence-electron chi connectivity index (χ2n) is 9.80. The molecule has 3 aromatic carbocycles. The van der Waals surface area contributed by atoms with Crippen LogP contribution < -0.4 is 4.90 Å². The van der Waals surface area contributed by atoms with E-state index in [0.29, 0.717) is 22.6 Å². The van der Waals surface area contributed by atoms with E-state index in [1.165, 1.54) is 4.90 Å². The van der Waals surface area contributed by atoms with Gasteiger partial charge in [-0.15, -0.1) is 10.2 Å². The lowest BCUT2D eigenvalue weighted by Crippen LogP contribution is -2.38. The molecule has 1 fully saturated rings. The standard InChI is InChI=1S/C30H27N3O5S2/c1-17-25(16-39-30-32-31-18(2)40-30)37-29(38-26(17)20-9-7-19(15-34)8-10-20)21-11-13-22(14-12-21)33-27(35)23-5-3-4-6-24(23)28(33)36/h3-14,17,25-26,29,34H,15-16H2,1-2H3. The SMILES string of the molecule is Cc1nnc(SCC2OC(c3ccc(N4C(=O)c5ccccc5C4=O)cc3)OC(c3ccc(CO)cc3)C2C)s1. The number of aliphatic hydroxyl groups is 1. The lowest BCUT2D eigenvalue weighted by Gasteiger charge is -2.41. The highest BCUT2D eigenvalue weighted by Crippen LogP contribution is 2.43. The van der Waals surface area contributed by atoms with E-state index in [-0.39, 0.29) is 36.5 Å². The third-order valence-corrected chi connectivity index (χ3v) is 9.28. The number of anilines is 1. The fourth-order valence-electron chi connectivity index (χ4n) is 5.00. The van der Waals surface area contributed by atoms with Gasteiger partial charge in [-0.2, -0.15) is 0 Å². The van der Waals surface area contributed by atoms with Crippen molar-refractivity contribution in [3.8, 4) is 0 Å². The van der Waals surface area contributed by atoms with Gasteiger partial charge in [0, 0.05) is 17.2 Å². The molecule has 4 atom stereocenters. The summed E-state index contributed by atoms with van der Waals surface area (Å²) in [6.07, 6.45) is -1.05. The van der Waals surface area contributed by atoms with Gasteiger partial charge < -0.3 is 14.6 Å². The van der Waals surface area contributed by atoms with Crippen molar-refractivity contribution in [2.75, 3.05) is 10.7 Å². The highest BCUT2D eigenvalue weighted by molar-refractivity contribution is 8.01. The molecule has 1 N–H and O–H groups in total. The van der Waals surface area contributed by atoms with Gasteiger partial charge in [0.1, 0.15) is 5.01 Å². The summed E-state index contributed by atoms with van der Waals surface area (Å²) in [5.41, 5.74) is 3.93. The maximum Gasteiger partial charge on any atom is 0.266 e. The van der Waals surface area contributed by atoms with Gasteiger partial charge in [-0.25, -0.2) is 4.90 Å². The van der Waals surface area contributed by atoms with Crippen LogP contribution in [-0.2, 0) is 16.1 Å². The number of benzene rings is 3. The Balaban J connectivity index is 1.25. The number of carbonyl (C=O) groups is 2. The fraction of sp³-hybridized carbons (Fsp3) is 0.267. The van der Waals surface area contributed by atoms with Crippen molar-refractivity contribution in [1.82, 2.24) is 10.2 Å². The van der Waals surface area contributed by atoms with Gasteiger partial charge in [0.05, 0.1) is 35.6 Å². The van der Waals surface area contributed by atoms with E-state index in [2.05, 4.69) is 17.1 Å². The Hall–Kier alpha value is -3.41. The highest BCUT2D eigenvalue weighted by atomic mass is 32.2. The molecule has 0 bridgehead atoms. The Bertz CT molecular complexity index is 1500. The maximum absolute atomic E-state index is 12.9. The molecular weight excluding hydrogens is 546 g/mol. The summed E-state index contributed by atoms with van der Waals surface area (Å²) in [4.78, 5) is 27.1. The summed E-state index contributed by atoms with van der Waals surface area (Å²) in [5, 5.41) is 18.7. The maximum atomic E-state index is 12.9. The molecule has 40 heavy (non-hydrogen) atoms. The topological polar surface area (TPSA) is 102 Å². The minimum Gasteiger partial charge on any atom is -0.392 e. The molecule has 1 saturated heterocycles. The molecule has 8 nitrogen and oxygen atoms in total. The molecule has 3 heterocycles. The molecule has 2 aliphatic rings. The zero-order chi connectivity index (χ0) is 27.8. The van der Waals surface area contributed by atoms with Crippen molar-refractivity contribution < 1.29 is 24.2 Å². The number of thioether (sulfide) groups is 1. The molecule has 6 rings (SSSR count). The second-order valence-corrected chi connectivity index (χ2v) is 12.3. The number of ether oxygens (including phenoxy) is 2. The van der Waals surface area contributed by atoms with Crippen LogP contribution in [0.3, 0.4) is 0 Å². The molecule has 204 valence electrons. The first-order valence-corrected chi connectivity index (χ1v) is 14.7. The van der Waals surface area contributed by atoms with Gasteiger partial charge in [0.15, 0.2) is 10.6 Å². The van der Waals surface area contributed by atoms with Crippen LogP contribution in [0.5, 0.6) is 0 Å². The molecule has 1 aromatic heterocycles. The predicted molar refractivity (Wildman–Crippen MR) is 152 cm³/mol. The lowest BCUT2D eigenvalue weighted by atomic mass is 9.91. The van der Waals surface area contributed by atoms with Crippen molar-refractivity contribution in [1.29, 1.82) is 0 Å². The van der Waals surface area contributed by atoms with E-state index < -0.39 is 6.29 Å². The first-order valence-electron chi connectivity index (χ1n) is 12.9. The molecule has 0 radical (unpaired) electrons. The normalized spacial score (nSPS) is 22.5. The lowest BCUT2D eigenvalue weighted by molar-refractivity contribution is -0.268. The van der Waals surface area contributed by atoms with Gasteiger partial charge in [0.2, 0.25) is 0 Å². The highest BCUT2D eigenvalue weighted by Gasteiger charge is 2.39. The van der Waals surface area contributed by atoms with Crippen LogP contribution in [0.4, 0.5) is 5.69 Å². The summed E-state index contributed by atoms with van der Waals surface area (Å²) in [6.45, 7) is 4.03. The number of nitrogens with zero attached hydrogens (tertiary/aromatic N) is 3. The molecular formula is C30H27N3O5S2. The van der Waals surface area contributed by atoms with Crippen LogP contribution in [0.25, 0.3) is 0 Å². The zero-order valence-corrected chi connectivity index (χ0v) is 23.5. The van der Waals surface area contributed by atoms with Gasteiger partial charge in [-0.1, -0.05) is 78.6 Å².